The first-order chi connectivity index (χ1) is 7.19. The standard InChI is InChI=1S/C11H13NO3/c1-8(13)10-4-3-9(14-2)7-11(10)15-6-5-12/h3-4,7-8,13H,6H2,1-2H3. The summed E-state index contributed by atoms with van der Waals surface area (Å²) in [6.07, 6.45) is -0.635. The van der Waals surface area contributed by atoms with Crippen LogP contribution in [0.4, 0.5) is 0 Å². The first-order valence-corrected chi connectivity index (χ1v) is 4.54. The molecule has 80 valence electrons. The number of hydrogen-bond donors (Lipinski definition) is 1. The maximum absolute atomic E-state index is 9.46. The smallest absolute Gasteiger partial charge is 0.174 e. The quantitative estimate of drug-likeness (QED) is 0.815. The van der Waals surface area contributed by atoms with Gasteiger partial charge in [-0.15, -0.1) is 0 Å². The Hall–Kier alpha value is -1.73. The predicted molar refractivity (Wildman–Crippen MR) is 54.7 cm³/mol. The number of aliphatic hydroxyl groups excluding tert-OH is 1. The minimum absolute atomic E-state index is 0.0487. The van der Waals surface area contributed by atoms with Gasteiger partial charge in [-0.1, -0.05) is 0 Å². The van der Waals surface area contributed by atoms with Gasteiger partial charge in [0, 0.05) is 11.6 Å². The molecule has 0 heterocycles. The van der Waals surface area contributed by atoms with Gasteiger partial charge in [-0.2, -0.15) is 5.26 Å². The molecule has 0 saturated carbocycles. The molecule has 1 atom stereocenters. The van der Waals surface area contributed by atoms with Crippen LogP contribution in [0.3, 0.4) is 0 Å². The minimum Gasteiger partial charge on any atom is -0.497 e. The zero-order chi connectivity index (χ0) is 11.3. The monoisotopic (exact) mass is 207 g/mol. The number of nitriles is 1. The van der Waals surface area contributed by atoms with Gasteiger partial charge in [0.15, 0.2) is 6.61 Å². The molecule has 4 nitrogen and oxygen atoms in total. The number of aliphatic hydroxyl groups is 1. The van der Waals surface area contributed by atoms with Crippen molar-refractivity contribution in [3.63, 3.8) is 0 Å². The maximum atomic E-state index is 9.46. The molecule has 1 aromatic carbocycles. The lowest BCUT2D eigenvalue weighted by atomic mass is 10.1. The van der Waals surface area contributed by atoms with Crippen molar-refractivity contribution in [2.45, 2.75) is 13.0 Å². The topological polar surface area (TPSA) is 62.5 Å². The summed E-state index contributed by atoms with van der Waals surface area (Å²) in [5, 5.41) is 17.9. The van der Waals surface area contributed by atoms with Crippen LogP contribution in [0.15, 0.2) is 18.2 Å². The van der Waals surface area contributed by atoms with E-state index in [1.54, 1.807) is 32.2 Å². The maximum Gasteiger partial charge on any atom is 0.174 e. The molecule has 0 radical (unpaired) electrons. The zero-order valence-corrected chi connectivity index (χ0v) is 8.73. The predicted octanol–water partition coefficient (Wildman–Crippen LogP) is 1.65. The number of ether oxygens (including phenoxy) is 2. The highest BCUT2D eigenvalue weighted by Gasteiger charge is 2.10. The second kappa shape index (κ2) is 5.23. The van der Waals surface area contributed by atoms with Gasteiger partial charge in [-0.05, 0) is 19.1 Å². The molecule has 1 N–H and O–H groups in total. The van der Waals surface area contributed by atoms with E-state index in [9.17, 15) is 5.11 Å². The van der Waals surface area contributed by atoms with Crippen LogP contribution in [-0.2, 0) is 0 Å². The lowest BCUT2D eigenvalue weighted by molar-refractivity contribution is 0.193. The lowest BCUT2D eigenvalue weighted by Gasteiger charge is -2.12. The van der Waals surface area contributed by atoms with E-state index in [1.165, 1.54) is 0 Å². The molecule has 0 amide bonds. The molecule has 0 aliphatic heterocycles. The molecule has 0 bridgehead atoms. The van der Waals surface area contributed by atoms with Crippen LogP contribution in [0.2, 0.25) is 0 Å². The molecule has 15 heavy (non-hydrogen) atoms. The fourth-order valence-electron chi connectivity index (χ4n) is 1.22. The van der Waals surface area contributed by atoms with E-state index in [0.29, 0.717) is 17.1 Å². The molecular weight excluding hydrogens is 194 g/mol. The van der Waals surface area contributed by atoms with Gasteiger partial charge < -0.3 is 14.6 Å². The van der Waals surface area contributed by atoms with Crippen molar-refractivity contribution in [3.05, 3.63) is 23.8 Å². The Morgan fingerprint density at radius 2 is 2.27 bits per heavy atom. The first kappa shape index (κ1) is 11.3. The van der Waals surface area contributed by atoms with E-state index in [-0.39, 0.29) is 6.61 Å². The highest BCUT2D eigenvalue weighted by atomic mass is 16.5. The Morgan fingerprint density at radius 3 is 2.80 bits per heavy atom. The first-order valence-electron chi connectivity index (χ1n) is 4.54. The number of rotatable bonds is 4. The molecule has 0 aliphatic rings. The van der Waals surface area contributed by atoms with Crippen molar-refractivity contribution in [2.75, 3.05) is 13.7 Å². The molecule has 1 rings (SSSR count). The van der Waals surface area contributed by atoms with E-state index in [4.69, 9.17) is 14.7 Å². The molecule has 1 unspecified atom stereocenters. The van der Waals surface area contributed by atoms with Gasteiger partial charge in [-0.3, -0.25) is 0 Å². The van der Waals surface area contributed by atoms with E-state index in [2.05, 4.69) is 0 Å². The largest absolute Gasteiger partial charge is 0.497 e. The minimum atomic E-state index is -0.635. The van der Waals surface area contributed by atoms with Crippen molar-refractivity contribution < 1.29 is 14.6 Å². The van der Waals surface area contributed by atoms with E-state index >= 15 is 0 Å². The highest BCUT2D eigenvalue weighted by Crippen LogP contribution is 2.29. The Morgan fingerprint density at radius 1 is 1.53 bits per heavy atom. The summed E-state index contributed by atoms with van der Waals surface area (Å²) in [5.41, 5.74) is 0.644. The van der Waals surface area contributed by atoms with E-state index in [0.717, 1.165) is 0 Å². The molecular formula is C11H13NO3. The zero-order valence-electron chi connectivity index (χ0n) is 8.73. The Bertz CT molecular complexity index is 369. The average Bonchev–Trinajstić information content (AvgIpc) is 2.25. The summed E-state index contributed by atoms with van der Waals surface area (Å²) < 4.78 is 10.2. The number of nitrogens with zero attached hydrogens (tertiary/aromatic N) is 1. The molecule has 0 spiro atoms. The SMILES string of the molecule is COc1ccc(C(C)O)c(OCC#N)c1. The molecule has 0 fully saturated rings. The summed E-state index contributed by atoms with van der Waals surface area (Å²) >= 11 is 0. The third-order valence-corrected chi connectivity index (χ3v) is 1.96. The van der Waals surface area contributed by atoms with Crippen LogP contribution in [-0.4, -0.2) is 18.8 Å². The van der Waals surface area contributed by atoms with Gasteiger partial charge in [0.05, 0.1) is 13.2 Å². The summed E-state index contributed by atoms with van der Waals surface area (Å²) in [7, 11) is 1.55. The van der Waals surface area contributed by atoms with Crippen molar-refractivity contribution >= 4 is 0 Å². The van der Waals surface area contributed by atoms with Gasteiger partial charge in [0.2, 0.25) is 0 Å². The third kappa shape index (κ3) is 2.86. The summed E-state index contributed by atoms with van der Waals surface area (Å²) in [4.78, 5) is 0. The Balaban J connectivity index is 3.00. The highest BCUT2D eigenvalue weighted by molar-refractivity contribution is 5.41. The number of benzene rings is 1. The van der Waals surface area contributed by atoms with Crippen LogP contribution in [0.25, 0.3) is 0 Å². The van der Waals surface area contributed by atoms with Gasteiger partial charge >= 0.3 is 0 Å². The normalized spacial score (nSPS) is 11.6. The van der Waals surface area contributed by atoms with Gasteiger partial charge in [0.25, 0.3) is 0 Å². The van der Waals surface area contributed by atoms with E-state index in [1.807, 2.05) is 6.07 Å². The number of hydrogen-bond acceptors (Lipinski definition) is 4. The van der Waals surface area contributed by atoms with Crippen LogP contribution in [0, 0.1) is 11.3 Å². The third-order valence-electron chi connectivity index (χ3n) is 1.96. The van der Waals surface area contributed by atoms with Crippen molar-refractivity contribution in [2.24, 2.45) is 0 Å². The molecule has 4 heteroatoms. The Labute approximate surface area is 88.7 Å². The fraction of sp³-hybridized carbons (Fsp3) is 0.364. The molecule has 1 aromatic rings. The van der Waals surface area contributed by atoms with E-state index < -0.39 is 6.10 Å². The van der Waals surface area contributed by atoms with Crippen LogP contribution in [0.1, 0.15) is 18.6 Å². The molecule has 0 saturated heterocycles. The lowest BCUT2D eigenvalue weighted by Crippen LogP contribution is -2.01. The van der Waals surface area contributed by atoms with Crippen LogP contribution >= 0.6 is 0 Å². The molecule has 0 aromatic heterocycles. The van der Waals surface area contributed by atoms with Crippen molar-refractivity contribution in [1.29, 1.82) is 5.26 Å². The van der Waals surface area contributed by atoms with Crippen molar-refractivity contribution in [1.82, 2.24) is 0 Å². The number of methoxy groups -OCH3 is 1. The fourth-order valence-corrected chi connectivity index (χ4v) is 1.22. The summed E-state index contributed by atoms with van der Waals surface area (Å²) in [6.45, 7) is 1.59. The second-order valence-electron chi connectivity index (χ2n) is 3.03. The summed E-state index contributed by atoms with van der Waals surface area (Å²) in [6, 6.07) is 6.98. The summed E-state index contributed by atoms with van der Waals surface area (Å²) in [5.74, 6) is 1.11. The van der Waals surface area contributed by atoms with Crippen LogP contribution < -0.4 is 9.47 Å². The Kier molecular flexibility index (Phi) is 3.95. The molecule has 0 aliphatic carbocycles. The van der Waals surface area contributed by atoms with Crippen molar-refractivity contribution in [3.8, 4) is 17.6 Å². The van der Waals surface area contributed by atoms with Gasteiger partial charge in [0.1, 0.15) is 17.6 Å². The van der Waals surface area contributed by atoms with Crippen LogP contribution in [0.5, 0.6) is 11.5 Å². The second-order valence-corrected chi connectivity index (χ2v) is 3.03. The average molecular weight is 207 g/mol. The van der Waals surface area contributed by atoms with Gasteiger partial charge in [-0.25, -0.2) is 0 Å².